The van der Waals surface area contributed by atoms with Gasteiger partial charge in [-0.3, -0.25) is 25.2 Å². The normalized spacial score (nSPS) is 11.6. The van der Waals surface area contributed by atoms with Crippen molar-refractivity contribution in [3.8, 4) is 17.2 Å². The van der Waals surface area contributed by atoms with E-state index in [0.29, 0.717) is 22.9 Å². The SMILES string of the molecule is CCn1c2ccccc2c2cc(NC(=O)CC(C)CC(=O)NNC(=O)c3cc(OC)c(OC)c(OC)c3)ccc21. The number of methoxy groups -OCH3 is 3. The lowest BCUT2D eigenvalue weighted by Gasteiger charge is -2.15. The Labute approximate surface area is 232 Å². The quantitative estimate of drug-likeness (QED) is 0.249. The Morgan fingerprint density at radius 1 is 0.800 bits per heavy atom. The van der Waals surface area contributed by atoms with Gasteiger partial charge in [-0.1, -0.05) is 25.1 Å². The first-order valence-electron chi connectivity index (χ1n) is 13.0. The molecule has 0 radical (unpaired) electrons. The second-order valence-corrected chi connectivity index (χ2v) is 9.47. The van der Waals surface area contributed by atoms with Crippen molar-refractivity contribution >= 4 is 45.2 Å². The van der Waals surface area contributed by atoms with Gasteiger partial charge in [0.05, 0.1) is 21.3 Å². The highest BCUT2D eigenvalue weighted by atomic mass is 16.5. The summed E-state index contributed by atoms with van der Waals surface area (Å²) in [6.07, 6.45) is 0.189. The highest BCUT2D eigenvalue weighted by Crippen LogP contribution is 2.38. The number of nitrogens with one attached hydrogen (secondary N) is 3. The Balaban J connectivity index is 1.32. The minimum atomic E-state index is -0.558. The Morgan fingerprint density at radius 2 is 1.45 bits per heavy atom. The van der Waals surface area contributed by atoms with E-state index in [1.165, 1.54) is 33.5 Å². The highest BCUT2D eigenvalue weighted by molar-refractivity contribution is 6.09. The molecule has 0 spiro atoms. The maximum absolute atomic E-state index is 12.7. The van der Waals surface area contributed by atoms with Gasteiger partial charge in [0.2, 0.25) is 17.6 Å². The number of hydrogen-bond acceptors (Lipinski definition) is 6. The predicted molar refractivity (Wildman–Crippen MR) is 154 cm³/mol. The summed E-state index contributed by atoms with van der Waals surface area (Å²) in [5.41, 5.74) is 7.95. The monoisotopic (exact) mass is 546 g/mol. The molecular weight excluding hydrogens is 512 g/mol. The fourth-order valence-electron chi connectivity index (χ4n) is 4.85. The van der Waals surface area contributed by atoms with Crippen LogP contribution in [0.4, 0.5) is 5.69 Å². The van der Waals surface area contributed by atoms with Crippen LogP contribution in [0.5, 0.6) is 17.2 Å². The van der Waals surface area contributed by atoms with Crippen LogP contribution in [-0.4, -0.2) is 43.6 Å². The number of amides is 3. The van der Waals surface area contributed by atoms with Crippen LogP contribution < -0.4 is 30.4 Å². The highest BCUT2D eigenvalue weighted by Gasteiger charge is 2.19. The number of aromatic nitrogens is 1. The van der Waals surface area contributed by atoms with Gasteiger partial charge in [-0.05, 0) is 49.2 Å². The van der Waals surface area contributed by atoms with Gasteiger partial charge in [0, 0.05) is 52.4 Å². The summed E-state index contributed by atoms with van der Waals surface area (Å²) in [7, 11) is 4.36. The number of nitrogens with zero attached hydrogens (tertiary/aromatic N) is 1. The number of hydrogen-bond donors (Lipinski definition) is 3. The zero-order valence-corrected chi connectivity index (χ0v) is 23.3. The zero-order valence-electron chi connectivity index (χ0n) is 23.3. The summed E-state index contributed by atoms with van der Waals surface area (Å²) in [6, 6.07) is 17.0. The number of ether oxygens (including phenoxy) is 3. The summed E-state index contributed by atoms with van der Waals surface area (Å²) in [5.74, 6) is -0.455. The molecule has 1 unspecified atom stereocenters. The van der Waals surface area contributed by atoms with Crippen LogP contribution in [0.2, 0.25) is 0 Å². The number of fused-ring (bicyclic) bond motifs is 3. The lowest BCUT2D eigenvalue weighted by atomic mass is 10.0. The van der Waals surface area contributed by atoms with Crippen molar-refractivity contribution in [2.24, 2.45) is 5.92 Å². The molecule has 1 heterocycles. The minimum Gasteiger partial charge on any atom is -0.493 e. The average molecular weight is 547 g/mol. The van der Waals surface area contributed by atoms with Crippen LogP contribution >= 0.6 is 0 Å². The van der Waals surface area contributed by atoms with Gasteiger partial charge >= 0.3 is 0 Å². The van der Waals surface area contributed by atoms with Crippen molar-refractivity contribution in [1.82, 2.24) is 15.4 Å². The molecule has 1 atom stereocenters. The third-order valence-corrected chi connectivity index (χ3v) is 6.68. The van der Waals surface area contributed by atoms with Crippen LogP contribution in [0.3, 0.4) is 0 Å². The number of hydrazine groups is 1. The van der Waals surface area contributed by atoms with Crippen molar-refractivity contribution in [3.63, 3.8) is 0 Å². The molecule has 10 heteroatoms. The largest absolute Gasteiger partial charge is 0.493 e. The van der Waals surface area contributed by atoms with E-state index in [1.807, 2.05) is 30.3 Å². The Kier molecular flexibility index (Phi) is 8.78. The van der Waals surface area contributed by atoms with Crippen LogP contribution in [0.25, 0.3) is 21.8 Å². The summed E-state index contributed by atoms with van der Waals surface area (Å²) < 4.78 is 18.0. The third kappa shape index (κ3) is 5.96. The van der Waals surface area contributed by atoms with E-state index in [9.17, 15) is 14.4 Å². The van der Waals surface area contributed by atoms with Crippen molar-refractivity contribution in [3.05, 3.63) is 60.2 Å². The van der Waals surface area contributed by atoms with Crippen molar-refractivity contribution in [2.75, 3.05) is 26.6 Å². The lowest BCUT2D eigenvalue weighted by molar-refractivity contribution is -0.123. The molecule has 0 aliphatic carbocycles. The molecule has 0 bridgehead atoms. The molecule has 40 heavy (non-hydrogen) atoms. The first-order valence-corrected chi connectivity index (χ1v) is 13.0. The van der Waals surface area contributed by atoms with Crippen LogP contribution in [0.15, 0.2) is 54.6 Å². The van der Waals surface area contributed by atoms with Gasteiger partial charge in [0.15, 0.2) is 11.5 Å². The second kappa shape index (κ2) is 12.4. The van der Waals surface area contributed by atoms with Crippen LogP contribution in [0, 0.1) is 5.92 Å². The average Bonchev–Trinajstić information content (AvgIpc) is 3.27. The minimum absolute atomic E-state index is 0.0476. The third-order valence-electron chi connectivity index (χ3n) is 6.68. The molecular formula is C30H34N4O6. The predicted octanol–water partition coefficient (Wildman–Crippen LogP) is 4.66. The first-order chi connectivity index (χ1) is 19.3. The topological polar surface area (TPSA) is 120 Å². The molecule has 0 aliphatic heterocycles. The van der Waals surface area contributed by atoms with Gasteiger partial charge in [-0.15, -0.1) is 0 Å². The lowest BCUT2D eigenvalue weighted by Crippen LogP contribution is -2.42. The van der Waals surface area contributed by atoms with E-state index in [-0.39, 0.29) is 30.2 Å². The maximum atomic E-state index is 12.7. The molecule has 10 nitrogen and oxygen atoms in total. The van der Waals surface area contributed by atoms with E-state index in [0.717, 1.165) is 28.4 Å². The van der Waals surface area contributed by atoms with E-state index >= 15 is 0 Å². The number of para-hydroxylation sites is 1. The van der Waals surface area contributed by atoms with E-state index in [4.69, 9.17) is 14.2 Å². The number of carbonyl (C=O) groups is 3. The smallest absolute Gasteiger partial charge is 0.269 e. The van der Waals surface area contributed by atoms with Gasteiger partial charge in [-0.25, -0.2) is 0 Å². The second-order valence-electron chi connectivity index (χ2n) is 9.47. The van der Waals surface area contributed by atoms with Gasteiger partial charge in [-0.2, -0.15) is 0 Å². The Hall–Kier alpha value is -4.73. The summed E-state index contributed by atoms with van der Waals surface area (Å²) in [6.45, 7) is 4.76. The van der Waals surface area contributed by atoms with Gasteiger partial charge < -0.3 is 24.1 Å². The summed E-state index contributed by atoms with van der Waals surface area (Å²) in [4.78, 5) is 37.8. The zero-order chi connectivity index (χ0) is 28.8. The Bertz CT molecular complexity index is 1540. The summed E-state index contributed by atoms with van der Waals surface area (Å²) in [5, 5.41) is 5.16. The Morgan fingerprint density at radius 3 is 2.10 bits per heavy atom. The number of carbonyl (C=O) groups excluding carboxylic acids is 3. The molecule has 0 fully saturated rings. The standard InChI is InChI=1S/C30H34N4O6/c1-6-34-23-10-8-7-9-21(23)22-17-20(11-12-24(22)34)31-27(35)13-18(2)14-28(36)32-33-30(37)19-15-25(38-3)29(40-5)26(16-19)39-4/h7-12,15-18H,6,13-14H2,1-5H3,(H,31,35)(H,32,36)(H,33,37). The molecule has 3 N–H and O–H groups in total. The van der Waals surface area contributed by atoms with Crippen LogP contribution in [-0.2, 0) is 16.1 Å². The fraction of sp³-hybridized carbons (Fsp3) is 0.300. The number of aryl methyl sites for hydroxylation is 1. The molecule has 0 aliphatic rings. The van der Waals surface area contributed by atoms with Gasteiger partial charge in [0.1, 0.15) is 0 Å². The molecule has 3 amide bonds. The fourth-order valence-corrected chi connectivity index (χ4v) is 4.85. The maximum Gasteiger partial charge on any atom is 0.269 e. The summed E-state index contributed by atoms with van der Waals surface area (Å²) >= 11 is 0. The first kappa shape index (κ1) is 28.3. The van der Waals surface area contributed by atoms with Crippen molar-refractivity contribution in [1.29, 1.82) is 0 Å². The molecule has 4 rings (SSSR count). The van der Waals surface area contributed by atoms with Gasteiger partial charge in [0.25, 0.3) is 5.91 Å². The van der Waals surface area contributed by atoms with Crippen molar-refractivity contribution < 1.29 is 28.6 Å². The molecule has 0 saturated carbocycles. The number of anilines is 1. The molecule has 1 aromatic heterocycles. The van der Waals surface area contributed by atoms with Crippen LogP contribution in [0.1, 0.15) is 37.0 Å². The molecule has 3 aromatic carbocycles. The van der Waals surface area contributed by atoms with E-state index < -0.39 is 11.8 Å². The molecule has 0 saturated heterocycles. The molecule has 4 aromatic rings. The molecule has 210 valence electrons. The van der Waals surface area contributed by atoms with E-state index in [2.05, 4.69) is 39.8 Å². The van der Waals surface area contributed by atoms with E-state index in [1.54, 1.807) is 6.92 Å². The van der Waals surface area contributed by atoms with Crippen molar-refractivity contribution in [2.45, 2.75) is 33.2 Å². The number of rotatable bonds is 10. The number of benzene rings is 3.